The van der Waals surface area contributed by atoms with E-state index in [0.717, 1.165) is 43.6 Å². The molecule has 1 amide bonds. The van der Waals surface area contributed by atoms with Crippen LogP contribution in [0, 0.1) is 11.3 Å². The number of rotatable bonds is 5. The van der Waals surface area contributed by atoms with Crippen LogP contribution in [0.2, 0.25) is 5.02 Å². The second kappa shape index (κ2) is 7.29. The van der Waals surface area contributed by atoms with Crippen LogP contribution < -0.4 is 15.4 Å². The highest BCUT2D eigenvalue weighted by atomic mass is 35.5. The van der Waals surface area contributed by atoms with Crippen LogP contribution in [-0.4, -0.2) is 19.0 Å². The largest absolute Gasteiger partial charge is 0.487 e. The standard InChI is InChI=1S/C21H23ClN2O2/c22-16-5-3-4-15(12-16)14-26-19-7-2-1-6-18(19)24-20(25)17-13-21(17)8-10-23-11-9-21/h1-7,12,17,23H,8-11,13-14H2,(H,24,25)/t17-/m1/s1. The molecule has 4 nitrogen and oxygen atoms in total. The number of nitrogens with one attached hydrogen (secondary N) is 2. The molecule has 1 spiro atoms. The molecular formula is C21H23ClN2O2. The van der Waals surface area contributed by atoms with E-state index in [1.54, 1.807) is 0 Å². The average Bonchev–Trinajstić information content (AvgIpc) is 3.35. The van der Waals surface area contributed by atoms with Gasteiger partial charge in [0.15, 0.2) is 0 Å². The van der Waals surface area contributed by atoms with Crippen molar-refractivity contribution in [1.29, 1.82) is 0 Å². The van der Waals surface area contributed by atoms with Gasteiger partial charge in [-0.15, -0.1) is 0 Å². The number of carbonyl (C=O) groups is 1. The van der Waals surface area contributed by atoms with Gasteiger partial charge >= 0.3 is 0 Å². The fourth-order valence-corrected chi connectivity index (χ4v) is 4.11. The summed E-state index contributed by atoms with van der Waals surface area (Å²) in [4.78, 5) is 12.7. The monoisotopic (exact) mass is 370 g/mol. The van der Waals surface area contributed by atoms with Gasteiger partial charge in [0, 0.05) is 10.9 Å². The minimum absolute atomic E-state index is 0.116. The lowest BCUT2D eigenvalue weighted by molar-refractivity contribution is -0.118. The first-order valence-corrected chi connectivity index (χ1v) is 9.52. The fourth-order valence-electron chi connectivity index (χ4n) is 3.90. The van der Waals surface area contributed by atoms with Crippen LogP contribution >= 0.6 is 11.6 Å². The Morgan fingerprint density at radius 1 is 1.19 bits per heavy atom. The van der Waals surface area contributed by atoms with Gasteiger partial charge in [0.25, 0.3) is 0 Å². The quantitative estimate of drug-likeness (QED) is 0.827. The van der Waals surface area contributed by atoms with Gasteiger partial charge in [0.2, 0.25) is 5.91 Å². The summed E-state index contributed by atoms with van der Waals surface area (Å²) < 4.78 is 5.93. The lowest BCUT2D eigenvalue weighted by Crippen LogP contribution is -2.31. The molecule has 2 N–H and O–H groups in total. The Kier molecular flexibility index (Phi) is 4.88. The van der Waals surface area contributed by atoms with Crippen molar-refractivity contribution in [2.24, 2.45) is 11.3 Å². The summed E-state index contributed by atoms with van der Waals surface area (Å²) in [6.07, 6.45) is 3.20. The van der Waals surface area contributed by atoms with Gasteiger partial charge < -0.3 is 15.4 Å². The van der Waals surface area contributed by atoms with Crippen molar-refractivity contribution < 1.29 is 9.53 Å². The summed E-state index contributed by atoms with van der Waals surface area (Å²) in [5, 5.41) is 7.14. The molecule has 1 saturated heterocycles. The lowest BCUT2D eigenvalue weighted by Gasteiger charge is -2.23. The van der Waals surface area contributed by atoms with Gasteiger partial charge in [-0.2, -0.15) is 0 Å². The maximum absolute atomic E-state index is 12.7. The van der Waals surface area contributed by atoms with Gasteiger partial charge in [0.1, 0.15) is 12.4 Å². The summed E-state index contributed by atoms with van der Waals surface area (Å²) in [7, 11) is 0. The second-order valence-electron chi connectivity index (χ2n) is 7.27. The topological polar surface area (TPSA) is 50.4 Å². The van der Waals surface area contributed by atoms with E-state index in [2.05, 4.69) is 10.6 Å². The van der Waals surface area contributed by atoms with E-state index in [4.69, 9.17) is 16.3 Å². The molecule has 4 rings (SSSR count). The Hall–Kier alpha value is -2.04. The smallest absolute Gasteiger partial charge is 0.228 e. The number of carbonyl (C=O) groups excluding carboxylic acids is 1. The van der Waals surface area contributed by atoms with Crippen LogP contribution in [0.4, 0.5) is 5.69 Å². The number of piperidine rings is 1. The minimum Gasteiger partial charge on any atom is -0.487 e. The Morgan fingerprint density at radius 3 is 2.81 bits per heavy atom. The van der Waals surface area contributed by atoms with Crippen molar-refractivity contribution in [1.82, 2.24) is 5.32 Å². The van der Waals surface area contributed by atoms with Crippen molar-refractivity contribution >= 4 is 23.2 Å². The third kappa shape index (κ3) is 3.71. The van der Waals surface area contributed by atoms with Crippen LogP contribution in [0.25, 0.3) is 0 Å². The molecule has 1 aliphatic carbocycles. The molecule has 26 heavy (non-hydrogen) atoms. The van der Waals surface area contributed by atoms with E-state index >= 15 is 0 Å². The number of para-hydroxylation sites is 2. The summed E-state index contributed by atoms with van der Waals surface area (Å²) in [6.45, 7) is 2.44. The average molecular weight is 371 g/mol. The molecule has 2 fully saturated rings. The molecule has 0 aromatic heterocycles. The second-order valence-corrected chi connectivity index (χ2v) is 7.71. The highest BCUT2D eigenvalue weighted by Crippen LogP contribution is 2.58. The number of hydrogen-bond donors (Lipinski definition) is 2. The molecule has 1 saturated carbocycles. The predicted molar refractivity (Wildman–Crippen MR) is 103 cm³/mol. The first-order valence-electron chi connectivity index (χ1n) is 9.14. The van der Waals surface area contributed by atoms with E-state index in [9.17, 15) is 4.79 Å². The molecular weight excluding hydrogens is 348 g/mol. The number of halogens is 1. The van der Waals surface area contributed by atoms with E-state index in [1.807, 2.05) is 48.5 Å². The molecule has 0 unspecified atom stereocenters. The zero-order valence-electron chi connectivity index (χ0n) is 14.6. The Bertz CT molecular complexity index is 802. The van der Waals surface area contributed by atoms with E-state index < -0.39 is 0 Å². The highest BCUT2D eigenvalue weighted by molar-refractivity contribution is 6.30. The molecule has 5 heteroatoms. The molecule has 0 radical (unpaired) electrons. The minimum atomic E-state index is 0.116. The van der Waals surface area contributed by atoms with Crippen molar-refractivity contribution in [2.75, 3.05) is 18.4 Å². The first kappa shape index (κ1) is 17.4. The molecule has 136 valence electrons. The number of ether oxygens (including phenoxy) is 1. The van der Waals surface area contributed by atoms with Gasteiger partial charge in [0.05, 0.1) is 5.69 Å². The van der Waals surface area contributed by atoms with E-state index in [1.165, 1.54) is 0 Å². The molecule has 1 heterocycles. The Morgan fingerprint density at radius 2 is 2.00 bits per heavy atom. The normalized spacial score (nSPS) is 20.6. The maximum Gasteiger partial charge on any atom is 0.228 e. The summed E-state index contributed by atoms with van der Waals surface area (Å²) >= 11 is 6.02. The molecule has 2 aromatic rings. The third-order valence-electron chi connectivity index (χ3n) is 5.53. The number of benzene rings is 2. The fraction of sp³-hybridized carbons (Fsp3) is 0.381. The first-order chi connectivity index (χ1) is 12.7. The van der Waals surface area contributed by atoms with Crippen molar-refractivity contribution in [3.8, 4) is 5.75 Å². The predicted octanol–water partition coefficient (Wildman–Crippen LogP) is 4.25. The maximum atomic E-state index is 12.7. The van der Waals surface area contributed by atoms with Crippen LogP contribution in [0.15, 0.2) is 48.5 Å². The number of hydrogen-bond acceptors (Lipinski definition) is 3. The lowest BCUT2D eigenvalue weighted by atomic mass is 9.92. The zero-order valence-corrected chi connectivity index (χ0v) is 15.4. The summed E-state index contributed by atoms with van der Waals surface area (Å²) in [5.74, 6) is 0.928. The van der Waals surface area contributed by atoms with Gasteiger partial charge in [-0.3, -0.25) is 4.79 Å². The Labute approximate surface area is 158 Å². The van der Waals surface area contributed by atoms with E-state index in [0.29, 0.717) is 17.4 Å². The van der Waals surface area contributed by atoms with Crippen LogP contribution in [0.3, 0.4) is 0 Å². The SMILES string of the molecule is O=C(Nc1ccccc1OCc1cccc(Cl)c1)[C@H]1CC12CCNCC2. The van der Waals surface area contributed by atoms with E-state index in [-0.39, 0.29) is 17.2 Å². The summed E-state index contributed by atoms with van der Waals surface area (Å²) in [6, 6.07) is 15.2. The number of anilines is 1. The van der Waals surface area contributed by atoms with Crippen molar-refractivity contribution in [2.45, 2.75) is 25.9 Å². The Balaban J connectivity index is 1.40. The summed E-state index contributed by atoms with van der Waals surface area (Å²) in [5.41, 5.74) is 1.95. The highest BCUT2D eigenvalue weighted by Gasteiger charge is 2.57. The van der Waals surface area contributed by atoms with Gasteiger partial charge in [-0.1, -0.05) is 35.9 Å². The molecule has 1 atom stereocenters. The molecule has 2 aliphatic rings. The molecule has 1 aliphatic heterocycles. The third-order valence-corrected chi connectivity index (χ3v) is 5.77. The molecule has 2 aromatic carbocycles. The van der Waals surface area contributed by atoms with Crippen molar-refractivity contribution in [3.05, 3.63) is 59.1 Å². The van der Waals surface area contributed by atoms with Gasteiger partial charge in [-0.25, -0.2) is 0 Å². The molecule has 0 bridgehead atoms. The van der Waals surface area contributed by atoms with Gasteiger partial charge in [-0.05, 0) is 67.6 Å². The zero-order chi connectivity index (χ0) is 18.0. The van der Waals surface area contributed by atoms with Crippen LogP contribution in [-0.2, 0) is 11.4 Å². The van der Waals surface area contributed by atoms with Crippen LogP contribution in [0.1, 0.15) is 24.8 Å². The van der Waals surface area contributed by atoms with Crippen molar-refractivity contribution in [3.63, 3.8) is 0 Å². The number of amides is 1. The van der Waals surface area contributed by atoms with Crippen LogP contribution in [0.5, 0.6) is 5.75 Å².